The van der Waals surface area contributed by atoms with Crippen LogP contribution in [0.15, 0.2) is 48.5 Å². The smallest absolute Gasteiger partial charge is 0.408 e. The summed E-state index contributed by atoms with van der Waals surface area (Å²) in [5.74, 6) is -2.57. The molecule has 0 bridgehead atoms. The molecule has 0 radical (unpaired) electrons. The van der Waals surface area contributed by atoms with Crippen LogP contribution in [0, 0.1) is 13.8 Å². The Morgan fingerprint density at radius 3 is 2.00 bits per heavy atom. The molecule has 11 nitrogen and oxygen atoms in total. The normalized spacial score (nSPS) is 13.5. The fourth-order valence-corrected chi connectivity index (χ4v) is 4.61. The zero-order valence-corrected chi connectivity index (χ0v) is 27.9. The summed E-state index contributed by atoms with van der Waals surface area (Å²) in [6, 6.07) is 11.2. The van der Waals surface area contributed by atoms with Crippen LogP contribution in [0.1, 0.15) is 82.7 Å². The number of hydrogen-bond acceptors (Lipinski definition) is 7. The number of aryl methyl sites for hydroxylation is 2. The van der Waals surface area contributed by atoms with E-state index in [-0.39, 0.29) is 19.3 Å². The van der Waals surface area contributed by atoms with Gasteiger partial charge in [-0.05, 0) is 78.5 Å². The zero-order chi connectivity index (χ0) is 34.1. The minimum absolute atomic E-state index is 0.118. The number of ether oxygens (including phenoxy) is 2. The van der Waals surface area contributed by atoms with Crippen LogP contribution in [0.5, 0.6) is 0 Å². The maximum Gasteiger partial charge on any atom is 0.408 e. The zero-order valence-electron chi connectivity index (χ0n) is 27.9. The molecule has 0 aliphatic carbocycles. The molecule has 0 aromatic heterocycles. The monoisotopic (exact) mass is 624 g/mol. The molecule has 2 aromatic carbocycles. The number of esters is 1. The van der Waals surface area contributed by atoms with Gasteiger partial charge in [-0.2, -0.15) is 0 Å². The average molecular weight is 625 g/mol. The van der Waals surface area contributed by atoms with Gasteiger partial charge in [0.1, 0.15) is 29.3 Å². The highest BCUT2D eigenvalue weighted by atomic mass is 16.6. The third-order valence-corrected chi connectivity index (χ3v) is 6.67. The number of amides is 4. The molecule has 3 unspecified atom stereocenters. The summed E-state index contributed by atoms with van der Waals surface area (Å²) in [6.45, 7) is 13.9. The molecule has 2 rings (SSSR count). The van der Waals surface area contributed by atoms with Gasteiger partial charge in [0.15, 0.2) is 0 Å². The first kappa shape index (κ1) is 36.8. The van der Waals surface area contributed by atoms with Crippen molar-refractivity contribution in [2.24, 2.45) is 5.73 Å². The maximum atomic E-state index is 14.2. The molecule has 246 valence electrons. The van der Waals surface area contributed by atoms with Gasteiger partial charge >= 0.3 is 12.1 Å². The van der Waals surface area contributed by atoms with Gasteiger partial charge in [-0.3, -0.25) is 14.4 Å². The lowest BCUT2D eigenvalue weighted by atomic mass is 9.95. The summed E-state index contributed by atoms with van der Waals surface area (Å²) in [6.07, 6.45) is -1.02. The fraction of sp³-hybridized carbons (Fsp3) is 0.500. The first-order valence-corrected chi connectivity index (χ1v) is 15.0. The van der Waals surface area contributed by atoms with Crippen LogP contribution in [-0.4, -0.2) is 65.0 Å². The first-order chi connectivity index (χ1) is 20.8. The van der Waals surface area contributed by atoms with E-state index in [0.29, 0.717) is 5.56 Å². The van der Waals surface area contributed by atoms with Gasteiger partial charge in [0.25, 0.3) is 0 Å². The van der Waals surface area contributed by atoms with Crippen molar-refractivity contribution in [2.45, 2.75) is 104 Å². The van der Waals surface area contributed by atoms with Crippen LogP contribution in [-0.2, 0) is 35.1 Å². The van der Waals surface area contributed by atoms with Gasteiger partial charge in [-0.15, -0.1) is 0 Å². The Bertz CT molecular complexity index is 1360. The topological polar surface area (TPSA) is 157 Å². The first-order valence-electron chi connectivity index (χ1n) is 15.0. The standard InChI is InChI=1S/C34H48N4O7/c1-21-15-16-22(2)24(19-21)28(38(9)30(41)25(17-18-27(35)39)37-32(43)45-34(6,7)8)29(40)36-26(31(42)44-33(3,4)5)20-23-13-11-10-12-14-23/h10-16,19,25-26,28H,17-18,20H2,1-9H3,(H2,35,39)(H,36,40)(H,37,43). The van der Waals surface area contributed by atoms with E-state index in [1.54, 1.807) is 47.6 Å². The van der Waals surface area contributed by atoms with Gasteiger partial charge in [0.2, 0.25) is 17.7 Å². The number of rotatable bonds is 12. The van der Waals surface area contributed by atoms with Gasteiger partial charge in [0, 0.05) is 19.9 Å². The van der Waals surface area contributed by atoms with Crippen LogP contribution in [0.3, 0.4) is 0 Å². The quantitative estimate of drug-likeness (QED) is 0.301. The third-order valence-electron chi connectivity index (χ3n) is 6.67. The fourth-order valence-electron chi connectivity index (χ4n) is 4.61. The van der Waals surface area contributed by atoms with Crippen LogP contribution in [0.2, 0.25) is 0 Å². The van der Waals surface area contributed by atoms with E-state index in [1.165, 1.54) is 11.9 Å². The van der Waals surface area contributed by atoms with E-state index in [1.807, 2.05) is 56.3 Å². The molecule has 0 heterocycles. The van der Waals surface area contributed by atoms with Gasteiger partial charge < -0.3 is 30.7 Å². The number of benzene rings is 2. The lowest BCUT2D eigenvalue weighted by Gasteiger charge is -2.33. The summed E-state index contributed by atoms with van der Waals surface area (Å²) < 4.78 is 11.0. The molecule has 0 spiro atoms. The van der Waals surface area contributed by atoms with Crippen LogP contribution < -0.4 is 16.4 Å². The second-order valence-electron chi connectivity index (χ2n) is 13.2. The Labute approximate surface area is 266 Å². The molecular weight excluding hydrogens is 576 g/mol. The Kier molecular flexibility index (Phi) is 12.7. The Morgan fingerprint density at radius 2 is 1.44 bits per heavy atom. The number of carbonyl (C=O) groups excluding carboxylic acids is 5. The van der Waals surface area contributed by atoms with Crippen molar-refractivity contribution in [3.8, 4) is 0 Å². The molecule has 4 N–H and O–H groups in total. The molecule has 0 aliphatic heterocycles. The highest BCUT2D eigenvalue weighted by Crippen LogP contribution is 2.26. The van der Waals surface area contributed by atoms with Gasteiger partial charge in [-0.25, -0.2) is 9.59 Å². The summed E-state index contributed by atoms with van der Waals surface area (Å²) in [4.78, 5) is 67.1. The molecule has 0 saturated carbocycles. The van der Waals surface area contributed by atoms with Crippen molar-refractivity contribution in [3.05, 3.63) is 70.8 Å². The summed E-state index contributed by atoms with van der Waals surface area (Å²) in [5.41, 5.74) is 6.61. The molecule has 45 heavy (non-hydrogen) atoms. The van der Waals surface area contributed by atoms with Crippen molar-refractivity contribution in [1.82, 2.24) is 15.5 Å². The predicted molar refractivity (Wildman–Crippen MR) is 171 cm³/mol. The van der Waals surface area contributed by atoms with Crippen molar-refractivity contribution in [2.75, 3.05) is 7.05 Å². The Balaban J connectivity index is 2.54. The molecule has 0 aliphatic rings. The van der Waals surface area contributed by atoms with E-state index >= 15 is 0 Å². The lowest BCUT2D eigenvalue weighted by molar-refractivity contribution is -0.159. The highest BCUT2D eigenvalue weighted by molar-refractivity contribution is 5.94. The number of carbonyl (C=O) groups is 5. The van der Waals surface area contributed by atoms with Crippen LogP contribution >= 0.6 is 0 Å². The number of primary amides is 1. The predicted octanol–water partition coefficient (Wildman–Crippen LogP) is 4.03. The molecule has 0 fully saturated rings. The molecule has 2 aromatic rings. The van der Waals surface area contributed by atoms with E-state index in [0.717, 1.165) is 16.7 Å². The lowest BCUT2D eigenvalue weighted by Crippen LogP contribution is -2.54. The largest absolute Gasteiger partial charge is 0.458 e. The van der Waals surface area contributed by atoms with Crippen molar-refractivity contribution < 1.29 is 33.4 Å². The number of likely N-dealkylation sites (N-methyl/N-ethyl adjacent to an activating group) is 1. The maximum absolute atomic E-state index is 14.2. The van der Waals surface area contributed by atoms with Crippen molar-refractivity contribution in [3.63, 3.8) is 0 Å². The molecule has 11 heteroatoms. The number of alkyl carbamates (subject to hydrolysis) is 1. The molecule has 3 atom stereocenters. The van der Waals surface area contributed by atoms with Crippen molar-refractivity contribution in [1.29, 1.82) is 0 Å². The van der Waals surface area contributed by atoms with E-state index < -0.39 is 59.1 Å². The van der Waals surface area contributed by atoms with Crippen LogP contribution in [0.4, 0.5) is 4.79 Å². The number of nitrogens with one attached hydrogen (secondary N) is 2. The summed E-state index contributed by atoms with van der Waals surface area (Å²) in [7, 11) is 1.43. The minimum atomic E-state index is -1.23. The average Bonchev–Trinajstić information content (AvgIpc) is 2.90. The second-order valence-corrected chi connectivity index (χ2v) is 13.2. The summed E-state index contributed by atoms with van der Waals surface area (Å²) in [5, 5.41) is 5.37. The number of nitrogens with zero attached hydrogens (tertiary/aromatic N) is 1. The van der Waals surface area contributed by atoms with Crippen LogP contribution in [0.25, 0.3) is 0 Å². The second kappa shape index (κ2) is 15.5. The van der Waals surface area contributed by atoms with E-state index in [9.17, 15) is 24.0 Å². The van der Waals surface area contributed by atoms with Crippen molar-refractivity contribution >= 4 is 29.8 Å². The Morgan fingerprint density at radius 1 is 0.844 bits per heavy atom. The van der Waals surface area contributed by atoms with E-state index in [4.69, 9.17) is 15.2 Å². The summed E-state index contributed by atoms with van der Waals surface area (Å²) >= 11 is 0. The van der Waals surface area contributed by atoms with Gasteiger partial charge in [0.05, 0.1) is 0 Å². The SMILES string of the molecule is Cc1ccc(C)c(C(C(=O)NC(Cc2ccccc2)C(=O)OC(C)(C)C)N(C)C(=O)C(CCC(N)=O)NC(=O)OC(C)(C)C)c1. The molecule has 4 amide bonds. The number of hydrogen-bond donors (Lipinski definition) is 3. The highest BCUT2D eigenvalue weighted by Gasteiger charge is 2.37. The molecular formula is C34H48N4O7. The van der Waals surface area contributed by atoms with E-state index in [2.05, 4.69) is 10.6 Å². The number of nitrogens with two attached hydrogens (primary N) is 1. The molecule has 0 saturated heterocycles. The third kappa shape index (κ3) is 12.2. The Hall–Kier alpha value is -4.41. The minimum Gasteiger partial charge on any atom is -0.458 e. The van der Waals surface area contributed by atoms with Gasteiger partial charge in [-0.1, -0.05) is 54.1 Å².